The van der Waals surface area contributed by atoms with Crippen molar-refractivity contribution < 1.29 is 25.5 Å². The van der Waals surface area contributed by atoms with Gasteiger partial charge in [-0.2, -0.15) is 0 Å². The van der Waals surface area contributed by atoms with E-state index in [1.165, 1.54) is 12.8 Å². The Hall–Kier alpha value is -4.12. The predicted molar refractivity (Wildman–Crippen MR) is 215 cm³/mol. The molecule has 5 N–H and O–H groups in total. The predicted octanol–water partition coefficient (Wildman–Crippen LogP) is 12.0. The Kier molecular flexibility index (Phi) is 14.3. The molecule has 51 heavy (non-hydrogen) atoms. The summed E-state index contributed by atoms with van der Waals surface area (Å²) in [5.41, 5.74) is 9.17. The number of aromatic hydroxyl groups is 5. The van der Waals surface area contributed by atoms with Gasteiger partial charge in [0.05, 0.1) is 0 Å². The molecule has 0 bridgehead atoms. The van der Waals surface area contributed by atoms with E-state index in [2.05, 4.69) is 55.4 Å². The van der Waals surface area contributed by atoms with E-state index in [1.807, 2.05) is 77.9 Å². The first kappa shape index (κ1) is 43.0. The van der Waals surface area contributed by atoms with Gasteiger partial charge in [0.1, 0.15) is 28.7 Å². The molecule has 0 aliphatic rings. The molecule has 0 aliphatic heterocycles. The number of unbranched alkanes of at least 4 members (excludes halogenated alkanes) is 1. The Morgan fingerprint density at radius 1 is 0.392 bits per heavy atom. The van der Waals surface area contributed by atoms with Gasteiger partial charge in [-0.05, 0) is 95.0 Å². The highest BCUT2D eigenvalue weighted by atomic mass is 16.3. The summed E-state index contributed by atoms with van der Waals surface area (Å²) in [6.07, 6.45) is 3.51. The fourth-order valence-corrected chi connectivity index (χ4v) is 6.02. The van der Waals surface area contributed by atoms with Crippen molar-refractivity contribution >= 4 is 0 Å². The topological polar surface area (TPSA) is 101 Å². The number of benzene rings is 4. The fourth-order valence-electron chi connectivity index (χ4n) is 6.02. The molecule has 0 saturated carbocycles. The van der Waals surface area contributed by atoms with Gasteiger partial charge in [0.25, 0.3) is 0 Å². The minimum absolute atomic E-state index is 0.144. The van der Waals surface area contributed by atoms with E-state index < -0.39 is 0 Å². The lowest BCUT2D eigenvalue weighted by atomic mass is 9.82. The van der Waals surface area contributed by atoms with Crippen LogP contribution in [0.5, 0.6) is 28.7 Å². The molecule has 5 nitrogen and oxygen atoms in total. The van der Waals surface area contributed by atoms with Gasteiger partial charge in [0.15, 0.2) is 0 Å². The Bertz CT molecular complexity index is 1700. The average molecular weight is 699 g/mol. The van der Waals surface area contributed by atoms with Crippen LogP contribution in [0.2, 0.25) is 0 Å². The molecule has 0 fully saturated rings. The van der Waals surface area contributed by atoms with Crippen LogP contribution in [0, 0.1) is 27.7 Å². The van der Waals surface area contributed by atoms with Gasteiger partial charge in [-0.15, -0.1) is 0 Å². The average Bonchev–Trinajstić information content (AvgIpc) is 2.99. The number of rotatable bonds is 5. The summed E-state index contributed by atoms with van der Waals surface area (Å²) < 4.78 is 0. The number of aryl methyl sites for hydroxylation is 4. The van der Waals surface area contributed by atoms with E-state index in [0.29, 0.717) is 29.9 Å². The molecule has 0 aromatic heterocycles. The minimum Gasteiger partial charge on any atom is -0.508 e. The van der Waals surface area contributed by atoms with Gasteiger partial charge in [0, 0.05) is 18.4 Å². The van der Waals surface area contributed by atoms with Crippen molar-refractivity contribution in [3.8, 4) is 28.7 Å². The molecule has 0 spiro atoms. The van der Waals surface area contributed by atoms with E-state index in [-0.39, 0.29) is 33.5 Å². The van der Waals surface area contributed by atoms with Crippen LogP contribution in [0.1, 0.15) is 150 Å². The first-order valence-corrected chi connectivity index (χ1v) is 18.3. The zero-order valence-corrected chi connectivity index (χ0v) is 34.2. The molecule has 0 unspecified atom stereocenters. The molecular formula is C46H66O5. The maximum Gasteiger partial charge on any atom is 0.122 e. The number of hydrogen-bond donors (Lipinski definition) is 5. The number of phenolic OH excluding ortho intramolecular Hbond substituents is 5. The molecule has 4 rings (SSSR count). The van der Waals surface area contributed by atoms with Gasteiger partial charge >= 0.3 is 0 Å². The molecule has 0 saturated heterocycles. The molecule has 0 heterocycles. The minimum atomic E-state index is -0.182. The van der Waals surface area contributed by atoms with Crippen molar-refractivity contribution in [2.75, 3.05) is 0 Å². The third-order valence-corrected chi connectivity index (χ3v) is 9.08. The van der Waals surface area contributed by atoms with Crippen molar-refractivity contribution in [3.63, 3.8) is 0 Å². The maximum absolute atomic E-state index is 11.3. The lowest BCUT2D eigenvalue weighted by Gasteiger charge is -2.24. The summed E-state index contributed by atoms with van der Waals surface area (Å²) >= 11 is 0. The van der Waals surface area contributed by atoms with Crippen LogP contribution in [-0.4, -0.2) is 25.5 Å². The monoisotopic (exact) mass is 698 g/mol. The lowest BCUT2D eigenvalue weighted by molar-refractivity contribution is 0.433. The number of hydrogen-bond acceptors (Lipinski definition) is 5. The second kappa shape index (κ2) is 16.9. The van der Waals surface area contributed by atoms with Crippen LogP contribution in [0.15, 0.2) is 48.5 Å². The highest BCUT2D eigenvalue weighted by Crippen LogP contribution is 2.40. The van der Waals surface area contributed by atoms with E-state index in [4.69, 9.17) is 0 Å². The highest BCUT2D eigenvalue weighted by molar-refractivity contribution is 5.55. The molecule has 0 amide bonds. The van der Waals surface area contributed by atoms with Crippen LogP contribution >= 0.6 is 0 Å². The maximum atomic E-state index is 11.3. The second-order valence-corrected chi connectivity index (χ2v) is 17.3. The zero-order valence-electron chi connectivity index (χ0n) is 34.2. The Morgan fingerprint density at radius 2 is 0.706 bits per heavy atom. The van der Waals surface area contributed by atoms with Gasteiger partial charge < -0.3 is 25.5 Å². The Morgan fingerprint density at radius 3 is 1.02 bits per heavy atom. The van der Waals surface area contributed by atoms with Crippen molar-refractivity contribution in [2.45, 2.75) is 146 Å². The Balaban J connectivity index is 0.000000437. The molecule has 0 aliphatic carbocycles. The van der Waals surface area contributed by atoms with Crippen molar-refractivity contribution in [1.82, 2.24) is 0 Å². The normalized spacial score (nSPS) is 11.7. The molecule has 0 atom stereocenters. The number of phenols is 5. The van der Waals surface area contributed by atoms with E-state index in [9.17, 15) is 25.5 Å². The van der Waals surface area contributed by atoms with Gasteiger partial charge in [-0.1, -0.05) is 142 Å². The fraction of sp³-hybridized carbons (Fsp3) is 0.478. The summed E-state index contributed by atoms with van der Waals surface area (Å²) in [4.78, 5) is 0. The Labute approximate surface area is 309 Å². The first-order valence-electron chi connectivity index (χ1n) is 18.3. The molecule has 5 heteroatoms. The molecule has 4 aromatic carbocycles. The summed E-state index contributed by atoms with van der Waals surface area (Å²) in [7, 11) is 0. The summed E-state index contributed by atoms with van der Waals surface area (Å²) in [5.74, 6) is 1.31. The van der Waals surface area contributed by atoms with Crippen LogP contribution in [-0.2, 0) is 29.1 Å². The van der Waals surface area contributed by atoms with Gasteiger partial charge in [-0.3, -0.25) is 0 Å². The zero-order chi connectivity index (χ0) is 39.2. The van der Waals surface area contributed by atoms with Gasteiger partial charge in [0.2, 0.25) is 0 Å². The lowest BCUT2D eigenvalue weighted by Crippen LogP contribution is -2.13. The molecular weight excluding hydrogens is 633 g/mol. The van der Waals surface area contributed by atoms with E-state index >= 15 is 0 Å². The largest absolute Gasteiger partial charge is 0.508 e. The standard InChI is InChI=1S/C31H40O3.C11H16O2.C4H10/c1-18-10-21(16-23-12-19(2)14-25(28(23)33)30(4,5)6)27(32)22(11-18)17-24-13-20(3)15-26(29(24)34)31(7,8)9;1-7-5-10(13)8(6-9(7)12)11(2,3)4;1-3-4-2/h10-15,32-34H,16-17H2,1-9H3;5-6,12-13H,1-4H3;3-4H2,1-2H3. The van der Waals surface area contributed by atoms with Crippen LogP contribution in [0.3, 0.4) is 0 Å². The smallest absolute Gasteiger partial charge is 0.122 e. The summed E-state index contributed by atoms with van der Waals surface area (Å²) in [6.45, 7) is 30.7. The molecule has 4 aromatic rings. The van der Waals surface area contributed by atoms with Gasteiger partial charge in [-0.25, -0.2) is 0 Å². The molecule has 0 radical (unpaired) electrons. The van der Waals surface area contributed by atoms with E-state index in [0.717, 1.165) is 55.6 Å². The van der Waals surface area contributed by atoms with Crippen LogP contribution in [0.4, 0.5) is 0 Å². The van der Waals surface area contributed by atoms with Crippen molar-refractivity contribution in [2.24, 2.45) is 0 Å². The second-order valence-electron chi connectivity index (χ2n) is 17.3. The third kappa shape index (κ3) is 11.7. The highest BCUT2D eigenvalue weighted by Gasteiger charge is 2.24. The summed E-state index contributed by atoms with van der Waals surface area (Å²) in [6, 6.07) is 15.2. The van der Waals surface area contributed by atoms with Crippen molar-refractivity contribution in [3.05, 3.63) is 110 Å². The van der Waals surface area contributed by atoms with Crippen LogP contribution in [0.25, 0.3) is 0 Å². The first-order chi connectivity index (χ1) is 23.3. The molecule has 280 valence electrons. The van der Waals surface area contributed by atoms with Crippen LogP contribution < -0.4 is 0 Å². The third-order valence-electron chi connectivity index (χ3n) is 9.08. The SMILES string of the molecule is CCCC.Cc1cc(Cc2cc(C)cc(C(C)(C)C)c2O)c(O)c(Cc2cc(C)cc(C(C)(C)C)c2O)c1.Cc1cc(O)c(C(C)(C)C)cc1O. The van der Waals surface area contributed by atoms with Crippen molar-refractivity contribution in [1.29, 1.82) is 0 Å². The van der Waals surface area contributed by atoms with E-state index in [1.54, 1.807) is 19.1 Å². The summed E-state index contributed by atoms with van der Waals surface area (Å²) in [5, 5.41) is 52.4. The quantitative estimate of drug-likeness (QED) is 0.134.